The van der Waals surface area contributed by atoms with Crippen LogP contribution in [0.5, 0.6) is 0 Å². The van der Waals surface area contributed by atoms with Crippen molar-refractivity contribution in [3.63, 3.8) is 0 Å². The number of morpholine rings is 1. The third-order valence-electron chi connectivity index (χ3n) is 7.04. The first-order valence-electron chi connectivity index (χ1n) is 14.2. The minimum atomic E-state index is -4.56. The van der Waals surface area contributed by atoms with Crippen LogP contribution >= 0.6 is 0 Å². The van der Waals surface area contributed by atoms with Gasteiger partial charge in [0.2, 0.25) is 5.91 Å². The van der Waals surface area contributed by atoms with Crippen molar-refractivity contribution in [2.75, 3.05) is 36.9 Å². The van der Waals surface area contributed by atoms with E-state index in [0.717, 1.165) is 12.1 Å². The average molecular weight is 657 g/mol. The number of alkyl carbamates (subject to hydrolysis) is 1. The molecule has 1 fully saturated rings. The summed E-state index contributed by atoms with van der Waals surface area (Å²) >= 11 is 0. The maximum Gasteiger partial charge on any atom is 0.407 e. The first kappa shape index (κ1) is 34.5. The van der Waals surface area contributed by atoms with Crippen LogP contribution in [0.4, 0.5) is 46.9 Å². The Morgan fingerprint density at radius 3 is 2.41 bits per heavy atom. The highest BCUT2D eigenvalue weighted by molar-refractivity contribution is 5.96. The summed E-state index contributed by atoms with van der Waals surface area (Å²) in [6, 6.07) is 11.1. The number of halogens is 7. The highest BCUT2D eigenvalue weighted by Gasteiger charge is 2.29. The van der Waals surface area contributed by atoms with E-state index in [1.807, 2.05) is 0 Å². The smallest absolute Gasteiger partial charge is 0.407 e. The molecule has 1 aliphatic rings. The average Bonchev–Trinajstić information content (AvgIpc) is 3.01. The Hall–Kier alpha value is -4.37. The normalized spacial score (nSPS) is 17.2. The van der Waals surface area contributed by atoms with E-state index in [9.17, 15) is 35.9 Å². The third-order valence-corrected chi connectivity index (χ3v) is 7.04. The third kappa shape index (κ3) is 10.6. The van der Waals surface area contributed by atoms with E-state index in [4.69, 9.17) is 9.47 Å². The second-order valence-electron chi connectivity index (χ2n) is 10.6. The molecule has 248 valence electrons. The Bertz CT molecular complexity index is 1480. The highest BCUT2D eigenvalue weighted by Crippen LogP contribution is 2.25. The van der Waals surface area contributed by atoms with Crippen molar-refractivity contribution in [2.45, 2.75) is 43.6 Å². The maximum absolute atomic E-state index is 15.1. The van der Waals surface area contributed by atoms with Gasteiger partial charge in [-0.05, 0) is 54.8 Å². The topological polar surface area (TPSA) is 101 Å². The number of hydrogen-bond acceptors (Lipinski definition) is 6. The molecule has 3 aromatic rings. The zero-order valence-corrected chi connectivity index (χ0v) is 24.2. The molecule has 46 heavy (non-hydrogen) atoms. The standard InChI is InChI=1S/C31H31F7N4O4/c32-19-6-4-18(5-7-19)12-28(29(43)41-20-8-11-25(34)26(35)13-20)42-27-3-1-2-24(33)23(27)10-9-22-14-39-21(15-45-22)16-46-30(44)40-17-31(36,37)38/h1-8,11,13,21-22,28,39,42H,9-10,12,14-17H2,(H,40,44)(H,41,43)/t21-,22+,28-/m0/s1. The summed E-state index contributed by atoms with van der Waals surface area (Å²) in [5, 5.41) is 10.3. The van der Waals surface area contributed by atoms with Crippen molar-refractivity contribution in [2.24, 2.45) is 0 Å². The van der Waals surface area contributed by atoms with Gasteiger partial charge in [0.05, 0.1) is 18.8 Å². The van der Waals surface area contributed by atoms with Gasteiger partial charge in [-0.3, -0.25) is 4.79 Å². The van der Waals surface area contributed by atoms with Crippen LogP contribution in [0.25, 0.3) is 0 Å². The van der Waals surface area contributed by atoms with E-state index in [-0.39, 0.29) is 43.4 Å². The number of alkyl halides is 3. The Balaban J connectivity index is 1.38. The van der Waals surface area contributed by atoms with Gasteiger partial charge < -0.3 is 30.7 Å². The first-order valence-corrected chi connectivity index (χ1v) is 14.2. The van der Waals surface area contributed by atoms with E-state index in [2.05, 4.69) is 16.0 Å². The Morgan fingerprint density at radius 1 is 0.978 bits per heavy atom. The number of nitrogens with one attached hydrogen (secondary N) is 4. The number of ether oxygens (including phenoxy) is 2. The molecule has 0 unspecified atom stereocenters. The molecule has 2 amide bonds. The van der Waals surface area contributed by atoms with E-state index >= 15 is 4.39 Å². The van der Waals surface area contributed by atoms with Crippen LogP contribution in [-0.4, -0.2) is 62.7 Å². The van der Waals surface area contributed by atoms with Crippen LogP contribution in [-0.2, 0) is 27.1 Å². The summed E-state index contributed by atoms with van der Waals surface area (Å²) in [5.74, 6) is -3.90. The Labute approximate surface area is 259 Å². The van der Waals surface area contributed by atoms with Gasteiger partial charge in [-0.25, -0.2) is 22.4 Å². The van der Waals surface area contributed by atoms with Crippen molar-refractivity contribution in [1.29, 1.82) is 0 Å². The molecule has 1 aliphatic heterocycles. The summed E-state index contributed by atoms with van der Waals surface area (Å²) < 4.78 is 103. The quantitative estimate of drug-likeness (QED) is 0.193. The van der Waals surface area contributed by atoms with Gasteiger partial charge in [0, 0.05) is 36.0 Å². The summed E-state index contributed by atoms with van der Waals surface area (Å²) in [6.07, 6.45) is -5.60. The van der Waals surface area contributed by atoms with Crippen molar-refractivity contribution < 1.29 is 49.8 Å². The van der Waals surface area contributed by atoms with E-state index in [0.29, 0.717) is 24.2 Å². The second-order valence-corrected chi connectivity index (χ2v) is 10.6. The van der Waals surface area contributed by atoms with E-state index in [1.165, 1.54) is 42.5 Å². The zero-order valence-electron chi connectivity index (χ0n) is 24.2. The number of carbonyl (C=O) groups excluding carboxylic acids is 2. The van der Waals surface area contributed by atoms with E-state index in [1.54, 1.807) is 11.4 Å². The summed E-state index contributed by atoms with van der Waals surface area (Å²) in [7, 11) is 0. The van der Waals surface area contributed by atoms with Crippen molar-refractivity contribution >= 4 is 23.4 Å². The number of hydrogen-bond donors (Lipinski definition) is 4. The monoisotopic (exact) mass is 656 g/mol. The van der Waals surface area contributed by atoms with Crippen LogP contribution in [0.2, 0.25) is 0 Å². The van der Waals surface area contributed by atoms with Crippen LogP contribution in [0.3, 0.4) is 0 Å². The summed E-state index contributed by atoms with van der Waals surface area (Å²) in [4.78, 5) is 24.8. The largest absolute Gasteiger partial charge is 0.448 e. The molecule has 0 saturated carbocycles. The molecule has 4 N–H and O–H groups in total. The van der Waals surface area contributed by atoms with Gasteiger partial charge in [0.15, 0.2) is 11.6 Å². The van der Waals surface area contributed by atoms with Gasteiger partial charge in [0.1, 0.15) is 30.8 Å². The number of rotatable bonds is 12. The second kappa shape index (κ2) is 15.8. The predicted molar refractivity (Wildman–Crippen MR) is 154 cm³/mol. The highest BCUT2D eigenvalue weighted by atomic mass is 19.4. The van der Waals surface area contributed by atoms with Crippen molar-refractivity contribution in [1.82, 2.24) is 10.6 Å². The minimum Gasteiger partial charge on any atom is -0.448 e. The zero-order chi connectivity index (χ0) is 33.3. The molecule has 1 heterocycles. The van der Waals surface area contributed by atoms with Gasteiger partial charge in [-0.2, -0.15) is 13.2 Å². The molecule has 0 aliphatic carbocycles. The number of benzene rings is 3. The maximum atomic E-state index is 15.1. The molecule has 0 spiro atoms. The molecular weight excluding hydrogens is 625 g/mol. The lowest BCUT2D eigenvalue weighted by Gasteiger charge is -2.30. The van der Waals surface area contributed by atoms with Crippen LogP contribution in [0.15, 0.2) is 60.7 Å². The molecule has 15 heteroatoms. The Kier molecular flexibility index (Phi) is 11.8. The van der Waals surface area contributed by atoms with Crippen molar-refractivity contribution in [3.05, 3.63) is 95.1 Å². The first-order chi connectivity index (χ1) is 21.9. The molecule has 8 nitrogen and oxygen atoms in total. The van der Waals surface area contributed by atoms with Crippen molar-refractivity contribution in [3.8, 4) is 0 Å². The number of carbonyl (C=O) groups is 2. The summed E-state index contributed by atoms with van der Waals surface area (Å²) in [5.41, 5.74) is 1.13. The minimum absolute atomic E-state index is 0.00172. The fourth-order valence-corrected chi connectivity index (χ4v) is 4.67. The molecule has 3 atom stereocenters. The lowest BCUT2D eigenvalue weighted by molar-refractivity contribution is -0.124. The lowest BCUT2D eigenvalue weighted by Crippen LogP contribution is -2.49. The molecule has 0 bridgehead atoms. The van der Waals surface area contributed by atoms with Gasteiger partial charge in [-0.1, -0.05) is 18.2 Å². The Morgan fingerprint density at radius 2 is 1.74 bits per heavy atom. The van der Waals surface area contributed by atoms with Gasteiger partial charge in [0.25, 0.3) is 0 Å². The molecule has 4 rings (SSSR count). The lowest BCUT2D eigenvalue weighted by atomic mass is 10.0. The molecular formula is C31H31F7N4O4. The van der Waals surface area contributed by atoms with Gasteiger partial charge in [-0.15, -0.1) is 0 Å². The van der Waals surface area contributed by atoms with Crippen LogP contribution < -0.4 is 21.3 Å². The van der Waals surface area contributed by atoms with Gasteiger partial charge >= 0.3 is 12.3 Å². The number of anilines is 2. The van der Waals surface area contributed by atoms with Crippen LogP contribution in [0, 0.1) is 23.3 Å². The van der Waals surface area contributed by atoms with Crippen LogP contribution in [0.1, 0.15) is 17.5 Å². The van der Waals surface area contributed by atoms with E-state index < -0.39 is 60.1 Å². The molecule has 0 radical (unpaired) electrons. The summed E-state index contributed by atoms with van der Waals surface area (Å²) in [6.45, 7) is -1.36. The fourth-order valence-electron chi connectivity index (χ4n) is 4.67. The number of amides is 2. The fraction of sp³-hybridized carbons (Fsp3) is 0.355. The molecule has 3 aromatic carbocycles. The SMILES string of the molecule is O=C(NCC(F)(F)F)OC[C@@H]1CO[C@H](CCc2c(F)cccc2N[C@@H](Cc2ccc(F)cc2)C(=O)Nc2ccc(F)c(F)c2)CN1. The molecule has 1 saturated heterocycles. The molecule has 0 aromatic heterocycles. The predicted octanol–water partition coefficient (Wildman–Crippen LogP) is 5.48.